The quantitative estimate of drug-likeness (QED) is 0.497. The Balaban J connectivity index is 4.22. The second kappa shape index (κ2) is 4.14. The number of nitrogens with two attached hydrogens (primary N) is 1. The van der Waals surface area contributed by atoms with Crippen LogP contribution in [0.25, 0.3) is 0 Å². The minimum atomic E-state index is -3.87. The van der Waals surface area contributed by atoms with Crippen LogP contribution in [0.4, 0.5) is 0 Å². The number of quaternary nitrogens is 1. The van der Waals surface area contributed by atoms with Crippen LogP contribution in [0, 0.1) is 0 Å². The van der Waals surface area contributed by atoms with Crippen LogP contribution in [-0.2, 0) is 10.1 Å². The molecule has 0 rings (SSSR count). The SMILES string of the molecule is CC(C)(N)C[N+](C)(C)CCS(=O)(=O)O. The highest BCUT2D eigenvalue weighted by Crippen LogP contribution is 2.07. The molecule has 5 nitrogen and oxygen atoms in total. The summed E-state index contributed by atoms with van der Waals surface area (Å²) in [7, 11) is -0.0920. The molecule has 6 heteroatoms. The van der Waals surface area contributed by atoms with E-state index in [1.54, 1.807) is 0 Å². The van der Waals surface area contributed by atoms with E-state index in [-0.39, 0.29) is 11.3 Å². The molecule has 14 heavy (non-hydrogen) atoms. The first kappa shape index (κ1) is 13.8. The molecular weight excluding hydrogens is 204 g/mol. The third-order valence-corrected chi connectivity index (χ3v) is 2.49. The van der Waals surface area contributed by atoms with E-state index in [2.05, 4.69) is 0 Å². The smallest absolute Gasteiger partial charge is 0.270 e. The molecule has 0 heterocycles. The van der Waals surface area contributed by atoms with Crippen molar-refractivity contribution in [1.82, 2.24) is 0 Å². The largest absolute Gasteiger partial charge is 0.326 e. The first-order valence-electron chi connectivity index (χ1n) is 4.47. The Morgan fingerprint density at radius 2 is 1.79 bits per heavy atom. The van der Waals surface area contributed by atoms with Gasteiger partial charge in [-0.05, 0) is 13.8 Å². The zero-order valence-corrected chi connectivity index (χ0v) is 10.1. The van der Waals surface area contributed by atoms with Gasteiger partial charge in [0.1, 0.15) is 5.75 Å². The van der Waals surface area contributed by atoms with Crippen LogP contribution in [0.15, 0.2) is 0 Å². The molecule has 0 fully saturated rings. The van der Waals surface area contributed by atoms with Crippen LogP contribution < -0.4 is 5.73 Å². The van der Waals surface area contributed by atoms with E-state index in [9.17, 15) is 8.42 Å². The van der Waals surface area contributed by atoms with Crippen LogP contribution in [0.2, 0.25) is 0 Å². The van der Waals surface area contributed by atoms with E-state index < -0.39 is 10.1 Å². The van der Waals surface area contributed by atoms with Gasteiger partial charge in [-0.2, -0.15) is 8.42 Å². The van der Waals surface area contributed by atoms with E-state index in [0.717, 1.165) is 0 Å². The van der Waals surface area contributed by atoms with Gasteiger partial charge in [-0.3, -0.25) is 4.55 Å². The third-order valence-electron chi connectivity index (χ3n) is 1.79. The maximum Gasteiger partial charge on any atom is 0.270 e. The van der Waals surface area contributed by atoms with Crippen LogP contribution in [0.3, 0.4) is 0 Å². The minimum Gasteiger partial charge on any atom is -0.326 e. The lowest BCUT2D eigenvalue weighted by Crippen LogP contribution is -2.54. The maximum absolute atomic E-state index is 10.6. The molecule has 0 aliphatic rings. The zero-order chi connectivity index (χ0) is 11.6. The summed E-state index contributed by atoms with van der Waals surface area (Å²) in [4.78, 5) is 0. The molecule has 3 N–H and O–H groups in total. The van der Waals surface area contributed by atoms with Crippen LogP contribution >= 0.6 is 0 Å². The van der Waals surface area contributed by atoms with Gasteiger partial charge in [0.15, 0.2) is 0 Å². The Morgan fingerprint density at radius 3 is 2.07 bits per heavy atom. The molecule has 0 amide bonds. The van der Waals surface area contributed by atoms with Crippen molar-refractivity contribution < 1.29 is 17.5 Å². The van der Waals surface area contributed by atoms with Crippen LogP contribution in [0.1, 0.15) is 13.8 Å². The maximum atomic E-state index is 10.6. The van der Waals surface area contributed by atoms with Crippen LogP contribution in [0.5, 0.6) is 0 Å². The molecule has 0 bridgehead atoms. The van der Waals surface area contributed by atoms with Gasteiger partial charge in [0.25, 0.3) is 10.1 Å². The van der Waals surface area contributed by atoms with Gasteiger partial charge < -0.3 is 10.2 Å². The molecule has 0 aliphatic carbocycles. The Kier molecular flexibility index (Phi) is 4.09. The van der Waals surface area contributed by atoms with E-state index in [0.29, 0.717) is 17.6 Å². The molecule has 0 radical (unpaired) electrons. The molecule has 86 valence electrons. The Morgan fingerprint density at radius 1 is 1.36 bits per heavy atom. The fourth-order valence-electron chi connectivity index (χ4n) is 1.54. The highest BCUT2D eigenvalue weighted by atomic mass is 32.2. The van der Waals surface area contributed by atoms with Gasteiger partial charge in [-0.15, -0.1) is 0 Å². The summed E-state index contributed by atoms with van der Waals surface area (Å²) in [6.07, 6.45) is 0. The van der Waals surface area contributed by atoms with Crippen molar-refractivity contribution in [3.05, 3.63) is 0 Å². The summed E-state index contributed by atoms with van der Waals surface area (Å²) in [5.41, 5.74) is 5.49. The highest BCUT2D eigenvalue weighted by Gasteiger charge is 2.26. The van der Waals surface area contributed by atoms with Gasteiger partial charge in [0.05, 0.1) is 32.7 Å². The van der Waals surface area contributed by atoms with Crippen molar-refractivity contribution in [2.24, 2.45) is 5.73 Å². The molecule has 0 aliphatic heterocycles. The minimum absolute atomic E-state index is 0.226. The first-order chi connectivity index (χ1) is 5.91. The predicted molar refractivity (Wildman–Crippen MR) is 56.5 cm³/mol. The molecule has 0 spiro atoms. The fraction of sp³-hybridized carbons (Fsp3) is 1.00. The molecule has 0 aromatic carbocycles. The van der Waals surface area contributed by atoms with Crippen molar-refractivity contribution in [2.45, 2.75) is 19.4 Å². The zero-order valence-electron chi connectivity index (χ0n) is 9.32. The molecular formula is C8H21N2O3S+. The summed E-state index contributed by atoms with van der Waals surface area (Å²) < 4.78 is 30.2. The van der Waals surface area contributed by atoms with Gasteiger partial charge in [-0.1, -0.05) is 0 Å². The number of likely N-dealkylation sites (N-methyl/N-ethyl adjacent to an activating group) is 1. The van der Waals surface area contributed by atoms with Gasteiger partial charge in [0, 0.05) is 0 Å². The van der Waals surface area contributed by atoms with Crippen molar-refractivity contribution in [2.75, 3.05) is 32.9 Å². The second-order valence-electron chi connectivity index (χ2n) is 5.09. The molecule has 0 aromatic heterocycles. The summed E-state index contributed by atoms with van der Waals surface area (Å²) in [5, 5.41) is 0. The third kappa shape index (κ3) is 8.43. The standard InChI is InChI=1S/C8H20N2O3S/c1-8(2,9)7-10(3,4)5-6-14(11,12)13/h5-7,9H2,1-4H3/p+1. The van der Waals surface area contributed by atoms with E-state index >= 15 is 0 Å². The number of nitrogens with zero attached hydrogens (tertiary/aromatic N) is 1. The highest BCUT2D eigenvalue weighted by molar-refractivity contribution is 7.85. The van der Waals surface area contributed by atoms with Gasteiger partial charge in [0.2, 0.25) is 0 Å². The number of rotatable bonds is 5. The van der Waals surface area contributed by atoms with Crippen LogP contribution in [-0.4, -0.2) is 55.9 Å². The normalized spacial score (nSPS) is 14.4. The summed E-state index contributed by atoms with van der Waals surface area (Å²) in [5.74, 6) is -0.226. The van der Waals surface area contributed by atoms with Crippen molar-refractivity contribution >= 4 is 10.1 Å². The average molecular weight is 225 g/mol. The lowest BCUT2D eigenvalue weighted by atomic mass is 10.1. The molecule has 0 saturated carbocycles. The predicted octanol–water partition coefficient (Wildman–Crippen LogP) is -0.312. The molecule has 0 unspecified atom stereocenters. The van der Waals surface area contributed by atoms with Crippen molar-refractivity contribution in [1.29, 1.82) is 0 Å². The Labute approximate surface area is 86.2 Å². The van der Waals surface area contributed by atoms with Gasteiger partial charge >= 0.3 is 0 Å². The fourth-order valence-corrected chi connectivity index (χ4v) is 2.27. The summed E-state index contributed by atoms with van der Waals surface area (Å²) >= 11 is 0. The lowest BCUT2D eigenvalue weighted by molar-refractivity contribution is -0.891. The average Bonchev–Trinajstić information content (AvgIpc) is 1.76. The summed E-state index contributed by atoms with van der Waals surface area (Å²) in [6.45, 7) is 4.79. The van der Waals surface area contributed by atoms with E-state index in [1.807, 2.05) is 27.9 Å². The second-order valence-corrected chi connectivity index (χ2v) is 6.66. The van der Waals surface area contributed by atoms with Gasteiger partial charge in [-0.25, -0.2) is 0 Å². The lowest BCUT2D eigenvalue weighted by Gasteiger charge is -2.35. The number of hydrogen-bond donors (Lipinski definition) is 2. The first-order valence-corrected chi connectivity index (χ1v) is 6.08. The monoisotopic (exact) mass is 225 g/mol. The Hall–Kier alpha value is -0.170. The number of hydrogen-bond acceptors (Lipinski definition) is 3. The Bertz CT molecular complexity index is 277. The van der Waals surface area contributed by atoms with Crippen molar-refractivity contribution in [3.8, 4) is 0 Å². The summed E-state index contributed by atoms with van der Waals surface area (Å²) in [6, 6.07) is 0. The molecule has 0 saturated heterocycles. The van der Waals surface area contributed by atoms with E-state index in [4.69, 9.17) is 10.3 Å². The van der Waals surface area contributed by atoms with Crippen molar-refractivity contribution in [3.63, 3.8) is 0 Å². The van der Waals surface area contributed by atoms with E-state index in [1.165, 1.54) is 0 Å². The molecule has 0 atom stereocenters. The molecule has 0 aromatic rings. The topological polar surface area (TPSA) is 80.4 Å².